The number of nitrogens with zero attached hydrogens (tertiary/aromatic N) is 2. The van der Waals surface area contributed by atoms with Crippen LogP contribution in [0, 0.1) is 20.8 Å². The SMILES string of the molecule is Cc1nc(SC2CCC(N)(CO)C2)nc(C)c1C. The van der Waals surface area contributed by atoms with Crippen molar-refractivity contribution in [1.29, 1.82) is 0 Å². The van der Waals surface area contributed by atoms with Crippen LogP contribution < -0.4 is 5.73 Å². The lowest BCUT2D eigenvalue weighted by Crippen LogP contribution is -2.40. The van der Waals surface area contributed by atoms with Gasteiger partial charge in [-0.15, -0.1) is 0 Å². The van der Waals surface area contributed by atoms with Crippen molar-refractivity contribution in [3.8, 4) is 0 Å². The Morgan fingerprint density at radius 1 is 1.33 bits per heavy atom. The molecule has 1 saturated carbocycles. The van der Waals surface area contributed by atoms with Crippen LogP contribution in [0.25, 0.3) is 0 Å². The minimum absolute atomic E-state index is 0.0663. The molecule has 0 amide bonds. The van der Waals surface area contributed by atoms with Crippen LogP contribution in [0.4, 0.5) is 0 Å². The summed E-state index contributed by atoms with van der Waals surface area (Å²) in [6.07, 6.45) is 2.74. The zero-order valence-electron chi connectivity index (χ0n) is 11.2. The van der Waals surface area contributed by atoms with E-state index in [1.165, 1.54) is 0 Å². The van der Waals surface area contributed by atoms with E-state index >= 15 is 0 Å². The largest absolute Gasteiger partial charge is 0.394 e. The van der Waals surface area contributed by atoms with Gasteiger partial charge in [-0.3, -0.25) is 0 Å². The summed E-state index contributed by atoms with van der Waals surface area (Å²) < 4.78 is 0. The van der Waals surface area contributed by atoms with Crippen LogP contribution in [-0.4, -0.2) is 32.5 Å². The van der Waals surface area contributed by atoms with Crippen LogP contribution in [0.3, 0.4) is 0 Å². The molecule has 1 heterocycles. The molecule has 1 aliphatic rings. The third-order valence-electron chi connectivity index (χ3n) is 3.80. The van der Waals surface area contributed by atoms with Gasteiger partial charge < -0.3 is 10.8 Å². The minimum Gasteiger partial charge on any atom is -0.394 e. The highest BCUT2D eigenvalue weighted by Crippen LogP contribution is 2.37. The number of rotatable bonds is 3. The van der Waals surface area contributed by atoms with Gasteiger partial charge in [0.2, 0.25) is 0 Å². The fourth-order valence-corrected chi connectivity index (χ4v) is 3.62. The number of hydrogen-bond acceptors (Lipinski definition) is 5. The molecule has 0 aromatic carbocycles. The number of aliphatic hydroxyl groups is 1. The molecule has 1 fully saturated rings. The zero-order valence-corrected chi connectivity index (χ0v) is 12.0. The highest BCUT2D eigenvalue weighted by molar-refractivity contribution is 7.99. The summed E-state index contributed by atoms with van der Waals surface area (Å²) in [5, 5.41) is 10.5. The van der Waals surface area contributed by atoms with Crippen LogP contribution in [0.2, 0.25) is 0 Å². The van der Waals surface area contributed by atoms with Crippen LogP contribution >= 0.6 is 11.8 Å². The van der Waals surface area contributed by atoms with E-state index in [1.54, 1.807) is 11.8 Å². The van der Waals surface area contributed by atoms with E-state index in [0.29, 0.717) is 5.25 Å². The number of aliphatic hydroxyl groups excluding tert-OH is 1. The maximum atomic E-state index is 9.27. The Morgan fingerprint density at radius 3 is 2.44 bits per heavy atom. The topological polar surface area (TPSA) is 72.0 Å². The second-order valence-corrected chi connectivity index (χ2v) is 6.57. The van der Waals surface area contributed by atoms with Crippen molar-refractivity contribution in [1.82, 2.24) is 9.97 Å². The van der Waals surface area contributed by atoms with E-state index < -0.39 is 5.54 Å². The van der Waals surface area contributed by atoms with Gasteiger partial charge in [0, 0.05) is 22.2 Å². The summed E-state index contributed by atoms with van der Waals surface area (Å²) in [5.41, 5.74) is 8.94. The summed E-state index contributed by atoms with van der Waals surface area (Å²) in [6.45, 7) is 6.15. The first kappa shape index (κ1) is 13.8. The van der Waals surface area contributed by atoms with E-state index in [4.69, 9.17) is 5.73 Å². The van der Waals surface area contributed by atoms with Gasteiger partial charge in [-0.25, -0.2) is 9.97 Å². The number of aromatic nitrogens is 2. The molecule has 1 aliphatic carbocycles. The van der Waals surface area contributed by atoms with Crippen LogP contribution in [-0.2, 0) is 0 Å². The van der Waals surface area contributed by atoms with Crippen molar-refractivity contribution < 1.29 is 5.11 Å². The number of hydrogen-bond donors (Lipinski definition) is 2. The van der Waals surface area contributed by atoms with Crippen LogP contribution in [0.5, 0.6) is 0 Å². The zero-order chi connectivity index (χ0) is 13.3. The molecular weight excluding hydrogens is 246 g/mol. The average Bonchev–Trinajstić information content (AvgIpc) is 2.69. The normalized spacial score (nSPS) is 27.7. The molecule has 4 nitrogen and oxygen atoms in total. The van der Waals surface area contributed by atoms with Crippen molar-refractivity contribution in [2.75, 3.05) is 6.61 Å². The molecule has 18 heavy (non-hydrogen) atoms. The second kappa shape index (κ2) is 5.15. The molecule has 0 aliphatic heterocycles. The first-order valence-electron chi connectivity index (χ1n) is 6.32. The molecule has 2 atom stereocenters. The monoisotopic (exact) mass is 267 g/mol. The van der Waals surface area contributed by atoms with Crippen molar-refractivity contribution in [2.24, 2.45) is 5.73 Å². The molecule has 2 rings (SSSR count). The summed E-state index contributed by atoms with van der Waals surface area (Å²) >= 11 is 1.69. The van der Waals surface area contributed by atoms with Gasteiger partial charge in [-0.1, -0.05) is 11.8 Å². The van der Waals surface area contributed by atoms with E-state index in [9.17, 15) is 5.11 Å². The Labute approximate surface area is 112 Å². The van der Waals surface area contributed by atoms with E-state index in [1.807, 2.05) is 20.8 Å². The predicted octanol–water partition coefficient (Wildman–Crippen LogP) is 1.74. The number of aryl methyl sites for hydroxylation is 2. The standard InChI is InChI=1S/C13H21N3OS/c1-8-9(2)15-12(16-10(8)3)18-11-4-5-13(14,6-11)7-17/h11,17H,4-7,14H2,1-3H3. The summed E-state index contributed by atoms with van der Waals surface area (Å²) in [4.78, 5) is 9.04. The maximum Gasteiger partial charge on any atom is 0.188 e. The first-order valence-corrected chi connectivity index (χ1v) is 7.20. The van der Waals surface area contributed by atoms with Gasteiger partial charge in [0.1, 0.15) is 0 Å². The van der Waals surface area contributed by atoms with E-state index in [0.717, 1.165) is 41.4 Å². The Balaban J connectivity index is 2.07. The summed E-state index contributed by atoms with van der Waals surface area (Å²) in [7, 11) is 0. The summed E-state index contributed by atoms with van der Waals surface area (Å²) in [6, 6.07) is 0. The quantitative estimate of drug-likeness (QED) is 0.816. The molecule has 1 aromatic rings. The molecular formula is C13H21N3OS. The van der Waals surface area contributed by atoms with E-state index in [2.05, 4.69) is 9.97 Å². The molecule has 3 N–H and O–H groups in total. The number of thioether (sulfide) groups is 1. The molecule has 0 bridgehead atoms. The Morgan fingerprint density at radius 2 is 1.94 bits per heavy atom. The van der Waals surface area contributed by atoms with Gasteiger partial charge in [-0.2, -0.15) is 0 Å². The van der Waals surface area contributed by atoms with Crippen molar-refractivity contribution in [3.05, 3.63) is 17.0 Å². The Hall–Kier alpha value is -0.650. The highest BCUT2D eigenvalue weighted by atomic mass is 32.2. The van der Waals surface area contributed by atoms with Gasteiger partial charge in [-0.05, 0) is 45.6 Å². The number of nitrogens with two attached hydrogens (primary N) is 1. The van der Waals surface area contributed by atoms with Gasteiger partial charge in [0.15, 0.2) is 5.16 Å². The molecule has 0 radical (unpaired) electrons. The average molecular weight is 267 g/mol. The second-order valence-electron chi connectivity index (χ2n) is 5.31. The summed E-state index contributed by atoms with van der Waals surface area (Å²) in [5.74, 6) is 0. The van der Waals surface area contributed by atoms with Gasteiger partial charge >= 0.3 is 0 Å². The first-order chi connectivity index (χ1) is 8.43. The fourth-order valence-electron chi connectivity index (χ4n) is 2.29. The Kier molecular flexibility index (Phi) is 3.94. The van der Waals surface area contributed by atoms with Crippen molar-refractivity contribution in [2.45, 2.75) is 56.0 Å². The van der Waals surface area contributed by atoms with Gasteiger partial charge in [0.25, 0.3) is 0 Å². The molecule has 2 unspecified atom stereocenters. The predicted molar refractivity (Wildman–Crippen MR) is 73.7 cm³/mol. The maximum absolute atomic E-state index is 9.27. The third-order valence-corrected chi connectivity index (χ3v) is 4.93. The van der Waals surface area contributed by atoms with Crippen molar-refractivity contribution in [3.63, 3.8) is 0 Å². The van der Waals surface area contributed by atoms with Gasteiger partial charge in [0.05, 0.1) is 6.61 Å². The third kappa shape index (κ3) is 2.84. The molecule has 0 saturated heterocycles. The lowest BCUT2D eigenvalue weighted by atomic mass is 10.0. The van der Waals surface area contributed by atoms with Crippen LogP contribution in [0.1, 0.15) is 36.2 Å². The highest BCUT2D eigenvalue weighted by Gasteiger charge is 2.36. The molecule has 1 aromatic heterocycles. The Bertz CT molecular complexity index is 429. The molecule has 5 heteroatoms. The minimum atomic E-state index is -0.396. The molecule has 100 valence electrons. The van der Waals surface area contributed by atoms with Crippen LogP contribution in [0.15, 0.2) is 5.16 Å². The fraction of sp³-hybridized carbons (Fsp3) is 0.692. The van der Waals surface area contributed by atoms with Crippen molar-refractivity contribution >= 4 is 11.8 Å². The smallest absolute Gasteiger partial charge is 0.188 e. The van der Waals surface area contributed by atoms with E-state index in [-0.39, 0.29) is 6.61 Å². The lowest BCUT2D eigenvalue weighted by Gasteiger charge is -2.20. The molecule has 0 spiro atoms. The lowest BCUT2D eigenvalue weighted by molar-refractivity contribution is 0.200.